The number of imidazole rings is 1. The summed E-state index contributed by atoms with van der Waals surface area (Å²) in [5, 5.41) is 3.22. The van der Waals surface area contributed by atoms with Crippen LogP contribution in [0.25, 0.3) is 0 Å². The molecule has 2 aliphatic rings. The Morgan fingerprint density at radius 1 is 1.57 bits per heavy atom. The van der Waals surface area contributed by atoms with Crippen LogP contribution in [0, 0.1) is 0 Å². The number of likely N-dealkylation sites (N-methyl/N-ethyl adjacent to an activating group) is 1. The summed E-state index contributed by atoms with van der Waals surface area (Å²) in [4.78, 5) is 19.1. The molecule has 3 rings (SSSR count). The van der Waals surface area contributed by atoms with E-state index >= 15 is 0 Å². The van der Waals surface area contributed by atoms with Gasteiger partial charge in [0.05, 0.1) is 13.2 Å². The molecule has 0 aromatic carbocycles. The van der Waals surface area contributed by atoms with Crippen LogP contribution in [0.2, 0.25) is 0 Å². The number of ether oxygens (including phenoxy) is 1. The van der Waals surface area contributed by atoms with Crippen molar-refractivity contribution in [2.75, 3.05) is 20.2 Å². The number of hydrogen-bond donors (Lipinski definition) is 1. The monoisotopic (exact) mass is 292 g/mol. The Kier molecular flexibility index (Phi) is 3.99. The van der Waals surface area contributed by atoms with E-state index in [4.69, 9.17) is 4.74 Å². The second-order valence-electron chi connectivity index (χ2n) is 5.96. The van der Waals surface area contributed by atoms with Crippen molar-refractivity contribution in [2.24, 2.45) is 0 Å². The van der Waals surface area contributed by atoms with E-state index in [1.54, 1.807) is 0 Å². The molecule has 1 aromatic heterocycles. The van der Waals surface area contributed by atoms with Gasteiger partial charge in [-0.05, 0) is 33.2 Å². The average Bonchev–Trinajstić information content (AvgIpc) is 3.14. The zero-order valence-corrected chi connectivity index (χ0v) is 12.8. The molecule has 2 heterocycles. The second kappa shape index (κ2) is 5.77. The molecular weight excluding hydrogens is 268 g/mol. The third-order valence-corrected chi connectivity index (χ3v) is 4.92. The molecule has 0 radical (unpaired) electrons. The van der Waals surface area contributed by atoms with Gasteiger partial charge in [0.1, 0.15) is 11.4 Å². The molecule has 2 atom stereocenters. The fraction of sp³-hybridized carbons (Fsp3) is 0.733. The van der Waals surface area contributed by atoms with Gasteiger partial charge in [-0.1, -0.05) is 0 Å². The minimum absolute atomic E-state index is 0.103. The zero-order chi connectivity index (χ0) is 14.9. The molecule has 116 valence electrons. The number of aromatic nitrogens is 2. The Morgan fingerprint density at radius 2 is 2.43 bits per heavy atom. The van der Waals surface area contributed by atoms with E-state index in [-0.39, 0.29) is 5.97 Å². The Hall–Kier alpha value is -1.40. The van der Waals surface area contributed by atoms with Gasteiger partial charge >= 0.3 is 5.97 Å². The van der Waals surface area contributed by atoms with Gasteiger partial charge in [0.25, 0.3) is 0 Å². The smallest absolute Gasteiger partial charge is 0.326 e. The summed E-state index contributed by atoms with van der Waals surface area (Å²) in [5.41, 5.74) is -0.506. The molecule has 1 aliphatic heterocycles. The molecule has 0 saturated heterocycles. The Labute approximate surface area is 125 Å². The van der Waals surface area contributed by atoms with Crippen LogP contribution in [0.4, 0.5) is 0 Å². The van der Waals surface area contributed by atoms with Gasteiger partial charge in [0.2, 0.25) is 0 Å². The van der Waals surface area contributed by atoms with Crippen molar-refractivity contribution in [1.82, 2.24) is 19.8 Å². The first-order valence-electron chi connectivity index (χ1n) is 7.79. The first kappa shape index (κ1) is 14.5. The van der Waals surface area contributed by atoms with Crippen molar-refractivity contribution >= 4 is 5.97 Å². The lowest BCUT2D eigenvalue weighted by molar-refractivity contribution is -0.151. The molecule has 0 spiro atoms. The third kappa shape index (κ3) is 2.58. The van der Waals surface area contributed by atoms with Crippen LogP contribution < -0.4 is 5.32 Å². The minimum atomic E-state index is -0.506. The summed E-state index contributed by atoms with van der Waals surface area (Å²) in [6, 6.07) is 0.423. The van der Waals surface area contributed by atoms with Crippen LogP contribution in [-0.4, -0.2) is 52.2 Å². The highest BCUT2D eigenvalue weighted by atomic mass is 16.5. The molecule has 1 fully saturated rings. The summed E-state index contributed by atoms with van der Waals surface area (Å²) in [5.74, 6) is 1.02. The van der Waals surface area contributed by atoms with E-state index in [9.17, 15) is 4.79 Å². The number of nitrogens with zero attached hydrogens (tertiary/aromatic N) is 3. The van der Waals surface area contributed by atoms with Gasteiger partial charge in [-0.2, -0.15) is 0 Å². The van der Waals surface area contributed by atoms with E-state index in [1.165, 1.54) is 0 Å². The van der Waals surface area contributed by atoms with Crippen LogP contribution in [0.1, 0.15) is 32.0 Å². The van der Waals surface area contributed by atoms with Crippen molar-refractivity contribution in [3.05, 3.63) is 18.2 Å². The molecule has 1 aliphatic carbocycles. The van der Waals surface area contributed by atoms with Crippen LogP contribution in [0.15, 0.2) is 12.4 Å². The second-order valence-corrected chi connectivity index (χ2v) is 5.96. The molecule has 0 bridgehead atoms. The van der Waals surface area contributed by atoms with Gasteiger partial charge in [-0.3, -0.25) is 9.69 Å². The number of hydrogen-bond acceptors (Lipinski definition) is 5. The quantitative estimate of drug-likeness (QED) is 0.831. The summed E-state index contributed by atoms with van der Waals surface area (Å²) in [7, 11) is 1.86. The van der Waals surface area contributed by atoms with Gasteiger partial charge < -0.3 is 14.6 Å². The summed E-state index contributed by atoms with van der Waals surface area (Å²) < 4.78 is 7.47. The number of rotatable bonds is 4. The third-order valence-electron chi connectivity index (χ3n) is 4.92. The maximum absolute atomic E-state index is 12.3. The van der Waals surface area contributed by atoms with Gasteiger partial charge in [0, 0.05) is 31.5 Å². The van der Waals surface area contributed by atoms with E-state index < -0.39 is 5.54 Å². The highest BCUT2D eigenvalue weighted by Crippen LogP contribution is 2.35. The fourth-order valence-corrected chi connectivity index (χ4v) is 3.62. The highest BCUT2D eigenvalue weighted by Gasteiger charge is 2.47. The Bertz CT molecular complexity index is 516. The molecule has 1 N–H and O–H groups in total. The van der Waals surface area contributed by atoms with E-state index in [0.29, 0.717) is 12.6 Å². The van der Waals surface area contributed by atoms with Crippen molar-refractivity contribution in [1.29, 1.82) is 0 Å². The van der Waals surface area contributed by atoms with Crippen LogP contribution in [0.3, 0.4) is 0 Å². The maximum atomic E-state index is 12.3. The van der Waals surface area contributed by atoms with Crippen molar-refractivity contribution < 1.29 is 9.53 Å². The van der Waals surface area contributed by atoms with E-state index in [2.05, 4.69) is 19.8 Å². The van der Waals surface area contributed by atoms with Crippen molar-refractivity contribution in [3.63, 3.8) is 0 Å². The van der Waals surface area contributed by atoms with E-state index in [1.807, 2.05) is 26.4 Å². The largest absolute Gasteiger partial charge is 0.465 e. The molecule has 21 heavy (non-hydrogen) atoms. The topological polar surface area (TPSA) is 59.4 Å². The number of nitrogens with one attached hydrogen (secondary N) is 1. The number of carbonyl (C=O) groups excluding carboxylic acids is 1. The summed E-state index contributed by atoms with van der Waals surface area (Å²) in [6.07, 6.45) is 6.60. The molecular formula is C15H24N4O2. The lowest BCUT2D eigenvalue weighted by Gasteiger charge is -2.34. The van der Waals surface area contributed by atoms with Crippen molar-refractivity contribution in [2.45, 2.75) is 50.9 Å². The van der Waals surface area contributed by atoms with Crippen LogP contribution in [0.5, 0.6) is 0 Å². The predicted octanol–water partition coefficient (Wildman–Crippen LogP) is 0.772. The summed E-state index contributed by atoms with van der Waals surface area (Å²) >= 11 is 0. The predicted molar refractivity (Wildman–Crippen MR) is 78.7 cm³/mol. The van der Waals surface area contributed by atoms with Gasteiger partial charge in [-0.25, -0.2) is 4.98 Å². The Morgan fingerprint density at radius 3 is 3.19 bits per heavy atom. The minimum Gasteiger partial charge on any atom is -0.465 e. The zero-order valence-electron chi connectivity index (χ0n) is 12.8. The molecule has 2 unspecified atom stereocenters. The SMILES string of the molecule is CCOC(=O)C1(NC)CCC(N2CCn3ccnc3C2)C1. The van der Waals surface area contributed by atoms with Gasteiger partial charge in [-0.15, -0.1) is 0 Å². The fourth-order valence-electron chi connectivity index (χ4n) is 3.62. The normalized spacial score (nSPS) is 29.3. The number of carbonyl (C=O) groups is 1. The average molecular weight is 292 g/mol. The van der Waals surface area contributed by atoms with E-state index in [0.717, 1.165) is 44.7 Å². The van der Waals surface area contributed by atoms with Crippen LogP contribution in [-0.2, 0) is 22.6 Å². The molecule has 6 nitrogen and oxygen atoms in total. The van der Waals surface area contributed by atoms with Crippen LogP contribution >= 0.6 is 0 Å². The lowest BCUT2D eigenvalue weighted by Crippen LogP contribution is -2.51. The van der Waals surface area contributed by atoms with Crippen molar-refractivity contribution in [3.8, 4) is 0 Å². The number of esters is 1. The first-order valence-corrected chi connectivity index (χ1v) is 7.79. The van der Waals surface area contributed by atoms with Gasteiger partial charge in [0.15, 0.2) is 0 Å². The number of fused-ring (bicyclic) bond motifs is 1. The Balaban J connectivity index is 1.68. The first-order chi connectivity index (χ1) is 10.2. The molecule has 6 heteroatoms. The summed E-state index contributed by atoms with van der Waals surface area (Å²) in [6.45, 7) is 5.18. The molecule has 1 saturated carbocycles. The molecule has 0 amide bonds. The lowest BCUT2D eigenvalue weighted by atomic mass is 9.97. The highest BCUT2D eigenvalue weighted by molar-refractivity contribution is 5.81. The molecule has 1 aromatic rings. The standard InChI is InChI=1S/C15H24N4O2/c1-3-21-14(20)15(16-2)5-4-12(10-15)19-9-8-18-7-6-17-13(18)11-19/h6-7,12,16H,3-5,8-11H2,1-2H3. The maximum Gasteiger partial charge on any atom is 0.326 e.